The summed E-state index contributed by atoms with van der Waals surface area (Å²) >= 11 is 0. The molecule has 1 aromatic rings. The van der Waals surface area contributed by atoms with Crippen molar-refractivity contribution >= 4 is 0 Å². The summed E-state index contributed by atoms with van der Waals surface area (Å²) in [5, 5.41) is 11.7. The van der Waals surface area contributed by atoms with Gasteiger partial charge in [0, 0.05) is 25.7 Å². The Labute approximate surface area is 111 Å². The molecule has 0 bridgehead atoms. The van der Waals surface area contributed by atoms with Gasteiger partial charge >= 0.3 is 0 Å². The van der Waals surface area contributed by atoms with Crippen molar-refractivity contribution in [3.8, 4) is 0 Å². The summed E-state index contributed by atoms with van der Waals surface area (Å²) in [6, 6.07) is 0.549. The highest BCUT2D eigenvalue weighted by molar-refractivity contribution is 4.95. The largest absolute Gasteiger partial charge is 0.314 e. The van der Waals surface area contributed by atoms with Crippen molar-refractivity contribution in [3.05, 3.63) is 11.9 Å². The molecule has 1 N–H and O–H groups in total. The Bertz CT molecular complexity index is 308. The van der Waals surface area contributed by atoms with Crippen LogP contribution in [0.4, 0.5) is 0 Å². The van der Waals surface area contributed by atoms with Gasteiger partial charge in [0.15, 0.2) is 0 Å². The third kappa shape index (κ3) is 6.15. The predicted octanol–water partition coefficient (Wildman–Crippen LogP) is 2.70. The number of rotatable bonds is 10. The van der Waals surface area contributed by atoms with E-state index in [1.54, 1.807) is 4.68 Å². The first-order chi connectivity index (χ1) is 8.76. The molecule has 0 spiro atoms. The lowest BCUT2D eigenvalue weighted by molar-refractivity contribution is 0.457. The van der Waals surface area contributed by atoms with Gasteiger partial charge in [-0.1, -0.05) is 51.2 Å². The topological polar surface area (TPSA) is 42.7 Å². The molecule has 18 heavy (non-hydrogen) atoms. The highest BCUT2D eigenvalue weighted by atomic mass is 15.4. The van der Waals surface area contributed by atoms with E-state index in [4.69, 9.17) is 0 Å². The Morgan fingerprint density at radius 1 is 1.22 bits per heavy atom. The Kier molecular flexibility index (Phi) is 7.65. The van der Waals surface area contributed by atoms with Crippen LogP contribution in [0.15, 0.2) is 6.20 Å². The summed E-state index contributed by atoms with van der Waals surface area (Å²) in [6.45, 7) is 5.45. The zero-order chi connectivity index (χ0) is 13.2. The molecule has 1 atom stereocenters. The fraction of sp³-hybridized carbons (Fsp3) is 0.857. The van der Waals surface area contributed by atoms with Gasteiger partial charge in [0.1, 0.15) is 0 Å². The van der Waals surface area contributed by atoms with Crippen LogP contribution >= 0.6 is 0 Å². The monoisotopic (exact) mass is 252 g/mol. The Morgan fingerprint density at radius 2 is 2.00 bits per heavy atom. The Hall–Kier alpha value is -0.900. The second-order valence-corrected chi connectivity index (χ2v) is 5.05. The van der Waals surface area contributed by atoms with E-state index in [1.165, 1.54) is 38.5 Å². The maximum atomic E-state index is 4.17. The number of aryl methyl sites for hydroxylation is 1. The van der Waals surface area contributed by atoms with Crippen LogP contribution in [0.5, 0.6) is 0 Å². The summed E-state index contributed by atoms with van der Waals surface area (Å²) in [5.74, 6) is 0. The quantitative estimate of drug-likeness (QED) is 0.651. The highest BCUT2D eigenvalue weighted by Gasteiger charge is 2.10. The van der Waals surface area contributed by atoms with Crippen molar-refractivity contribution in [2.75, 3.05) is 6.54 Å². The van der Waals surface area contributed by atoms with E-state index in [0.717, 1.165) is 18.7 Å². The molecule has 4 heteroatoms. The lowest BCUT2D eigenvalue weighted by atomic mass is 10.0. The molecule has 0 aliphatic rings. The number of likely N-dealkylation sites (N-methyl/N-ethyl adjacent to an activating group) is 1. The van der Waals surface area contributed by atoms with Crippen LogP contribution in [-0.2, 0) is 13.5 Å². The van der Waals surface area contributed by atoms with Gasteiger partial charge in [0.05, 0.1) is 5.69 Å². The van der Waals surface area contributed by atoms with Crippen molar-refractivity contribution < 1.29 is 0 Å². The van der Waals surface area contributed by atoms with E-state index < -0.39 is 0 Å². The number of nitrogens with one attached hydrogen (secondary N) is 1. The first-order valence-corrected chi connectivity index (χ1v) is 7.34. The normalized spacial score (nSPS) is 12.8. The van der Waals surface area contributed by atoms with Gasteiger partial charge in [0.25, 0.3) is 0 Å². The summed E-state index contributed by atoms with van der Waals surface area (Å²) in [4.78, 5) is 0. The van der Waals surface area contributed by atoms with Crippen LogP contribution in [0, 0.1) is 0 Å². The minimum Gasteiger partial charge on any atom is -0.314 e. The van der Waals surface area contributed by atoms with Gasteiger partial charge < -0.3 is 5.32 Å². The average molecular weight is 252 g/mol. The van der Waals surface area contributed by atoms with Gasteiger partial charge in [-0.3, -0.25) is 4.68 Å². The SMILES string of the molecule is CCCCCCCC(Cc1cn(C)nn1)NCC. The number of aromatic nitrogens is 3. The van der Waals surface area contributed by atoms with Crippen molar-refractivity contribution in [3.63, 3.8) is 0 Å². The van der Waals surface area contributed by atoms with Gasteiger partial charge in [-0.25, -0.2) is 0 Å². The number of nitrogens with zero attached hydrogens (tertiary/aromatic N) is 3. The van der Waals surface area contributed by atoms with Crippen LogP contribution in [0.25, 0.3) is 0 Å². The molecule has 1 unspecified atom stereocenters. The second kappa shape index (κ2) is 9.09. The van der Waals surface area contributed by atoms with Gasteiger partial charge in [0.2, 0.25) is 0 Å². The third-order valence-electron chi connectivity index (χ3n) is 3.25. The van der Waals surface area contributed by atoms with Crippen LogP contribution in [0.1, 0.15) is 58.1 Å². The summed E-state index contributed by atoms with van der Waals surface area (Å²) in [5.41, 5.74) is 1.09. The molecule has 0 aliphatic heterocycles. The van der Waals surface area contributed by atoms with Gasteiger partial charge in [-0.2, -0.15) is 0 Å². The van der Waals surface area contributed by atoms with Crippen molar-refractivity contribution in [1.82, 2.24) is 20.3 Å². The highest BCUT2D eigenvalue weighted by Crippen LogP contribution is 2.10. The van der Waals surface area contributed by atoms with E-state index in [9.17, 15) is 0 Å². The van der Waals surface area contributed by atoms with E-state index in [-0.39, 0.29) is 0 Å². The molecule has 0 amide bonds. The average Bonchev–Trinajstić information content (AvgIpc) is 2.75. The standard InChI is InChI=1S/C14H28N4/c1-4-6-7-8-9-10-13(15-5-2)11-14-12-18(3)17-16-14/h12-13,15H,4-11H2,1-3H3. The summed E-state index contributed by atoms with van der Waals surface area (Å²) in [7, 11) is 1.92. The van der Waals surface area contributed by atoms with E-state index in [0.29, 0.717) is 6.04 Å². The number of hydrogen-bond acceptors (Lipinski definition) is 3. The smallest absolute Gasteiger partial charge is 0.0842 e. The number of hydrogen-bond donors (Lipinski definition) is 1. The molecule has 0 aliphatic carbocycles. The Balaban J connectivity index is 2.26. The first kappa shape index (κ1) is 15.2. The molecule has 1 aromatic heterocycles. The van der Waals surface area contributed by atoms with Crippen molar-refractivity contribution in [1.29, 1.82) is 0 Å². The molecule has 104 valence electrons. The molecule has 0 aromatic carbocycles. The van der Waals surface area contributed by atoms with E-state index >= 15 is 0 Å². The molecule has 1 rings (SSSR count). The van der Waals surface area contributed by atoms with Crippen LogP contribution in [0.3, 0.4) is 0 Å². The molecule has 0 saturated carbocycles. The zero-order valence-corrected chi connectivity index (χ0v) is 12.2. The molecular weight excluding hydrogens is 224 g/mol. The fourth-order valence-electron chi connectivity index (χ4n) is 2.30. The lowest BCUT2D eigenvalue weighted by Gasteiger charge is -2.16. The molecule has 1 heterocycles. The molecule has 0 saturated heterocycles. The summed E-state index contributed by atoms with van der Waals surface area (Å²) < 4.78 is 1.78. The fourth-order valence-corrected chi connectivity index (χ4v) is 2.30. The Morgan fingerprint density at radius 3 is 2.61 bits per heavy atom. The second-order valence-electron chi connectivity index (χ2n) is 5.05. The zero-order valence-electron chi connectivity index (χ0n) is 12.2. The first-order valence-electron chi connectivity index (χ1n) is 7.34. The maximum Gasteiger partial charge on any atom is 0.0842 e. The predicted molar refractivity (Wildman–Crippen MR) is 75.5 cm³/mol. The van der Waals surface area contributed by atoms with Crippen molar-refractivity contribution in [2.45, 2.75) is 64.8 Å². The summed E-state index contributed by atoms with van der Waals surface area (Å²) in [6.07, 6.45) is 11.0. The molecular formula is C14H28N4. The van der Waals surface area contributed by atoms with E-state index in [2.05, 4.69) is 29.5 Å². The number of unbranched alkanes of at least 4 members (excludes halogenated alkanes) is 4. The van der Waals surface area contributed by atoms with Gasteiger partial charge in [-0.15, -0.1) is 5.10 Å². The third-order valence-corrected chi connectivity index (χ3v) is 3.25. The van der Waals surface area contributed by atoms with E-state index in [1.807, 2.05) is 13.2 Å². The minimum absolute atomic E-state index is 0.549. The molecule has 0 fully saturated rings. The maximum absolute atomic E-state index is 4.17. The van der Waals surface area contributed by atoms with Crippen LogP contribution in [-0.4, -0.2) is 27.6 Å². The van der Waals surface area contributed by atoms with Crippen LogP contribution in [0.2, 0.25) is 0 Å². The van der Waals surface area contributed by atoms with Crippen LogP contribution < -0.4 is 5.32 Å². The lowest BCUT2D eigenvalue weighted by Crippen LogP contribution is -2.31. The van der Waals surface area contributed by atoms with Crippen molar-refractivity contribution in [2.24, 2.45) is 7.05 Å². The molecule has 4 nitrogen and oxygen atoms in total. The molecule has 0 radical (unpaired) electrons. The van der Waals surface area contributed by atoms with Gasteiger partial charge in [-0.05, 0) is 13.0 Å². The minimum atomic E-state index is 0.549.